The molecule has 236 valence electrons. The smallest absolute Gasteiger partial charge is 0.410 e. The van der Waals surface area contributed by atoms with Gasteiger partial charge in [0, 0.05) is 50.6 Å². The first kappa shape index (κ1) is 32.7. The van der Waals surface area contributed by atoms with E-state index in [1.165, 1.54) is 7.11 Å². The van der Waals surface area contributed by atoms with Gasteiger partial charge >= 0.3 is 12.1 Å². The van der Waals surface area contributed by atoms with Crippen molar-refractivity contribution in [3.05, 3.63) is 35.2 Å². The molecule has 0 aliphatic carbocycles. The van der Waals surface area contributed by atoms with E-state index in [0.717, 1.165) is 37.9 Å². The average molecular weight is 617 g/mol. The first-order valence-corrected chi connectivity index (χ1v) is 15.3. The number of pyridine rings is 1. The third-order valence-corrected chi connectivity index (χ3v) is 8.26. The summed E-state index contributed by atoms with van der Waals surface area (Å²) in [6, 6.07) is 3.75. The Morgan fingerprint density at radius 3 is 2.37 bits per heavy atom. The Hall–Kier alpha value is -3.18. The summed E-state index contributed by atoms with van der Waals surface area (Å²) in [6.45, 7) is 13.8. The van der Waals surface area contributed by atoms with E-state index in [4.69, 9.17) is 25.8 Å². The fourth-order valence-corrected chi connectivity index (χ4v) is 6.16. The molecule has 4 heterocycles. The van der Waals surface area contributed by atoms with Crippen LogP contribution in [0.2, 0.25) is 5.15 Å². The van der Waals surface area contributed by atoms with Crippen LogP contribution in [0.25, 0.3) is 0 Å². The van der Waals surface area contributed by atoms with Crippen LogP contribution in [0.4, 0.5) is 10.7 Å². The number of halogens is 1. The minimum atomic E-state index is -0.540. The topological polar surface area (TPSA) is 110 Å². The van der Waals surface area contributed by atoms with Crippen LogP contribution in [0, 0.1) is 11.3 Å². The predicted octanol–water partition coefficient (Wildman–Crippen LogP) is 5.56. The van der Waals surface area contributed by atoms with Crippen LogP contribution in [0.15, 0.2) is 24.5 Å². The second kappa shape index (κ2) is 13.6. The Balaban J connectivity index is 1.33. The maximum atomic E-state index is 12.7. The van der Waals surface area contributed by atoms with E-state index in [2.05, 4.69) is 38.6 Å². The number of anilines is 1. The van der Waals surface area contributed by atoms with Crippen LogP contribution in [0.1, 0.15) is 65.9 Å². The first-order chi connectivity index (χ1) is 20.2. The van der Waals surface area contributed by atoms with Gasteiger partial charge in [-0.25, -0.2) is 19.7 Å². The number of nitrogens with zero attached hydrogens (tertiary/aromatic N) is 6. The van der Waals surface area contributed by atoms with Gasteiger partial charge in [0.2, 0.25) is 11.8 Å². The summed E-state index contributed by atoms with van der Waals surface area (Å²) in [4.78, 5) is 44.0. The van der Waals surface area contributed by atoms with Gasteiger partial charge in [-0.3, -0.25) is 9.69 Å². The number of aromatic nitrogens is 3. The molecule has 1 unspecified atom stereocenters. The van der Waals surface area contributed by atoms with Crippen molar-refractivity contribution in [1.82, 2.24) is 24.8 Å². The van der Waals surface area contributed by atoms with E-state index in [0.29, 0.717) is 54.7 Å². The molecule has 0 bridgehead atoms. The molecule has 12 heteroatoms. The number of ether oxygens (including phenoxy) is 3. The molecule has 11 nitrogen and oxygen atoms in total. The molecular formula is C31H45ClN6O5. The van der Waals surface area contributed by atoms with Crippen molar-refractivity contribution in [3.8, 4) is 11.6 Å². The fraction of sp³-hybridized carbons (Fsp3) is 0.645. The van der Waals surface area contributed by atoms with Gasteiger partial charge in [0.05, 0.1) is 19.5 Å². The molecule has 2 aliphatic rings. The van der Waals surface area contributed by atoms with Gasteiger partial charge in [0.1, 0.15) is 10.8 Å². The largest absolute Gasteiger partial charge is 0.469 e. The standard InChI is InChI=1S/C31H45ClN6O5/c1-30(2,3)43-29(40)36(6)24-10-13-38(20-31(24,4)5)28-33-17-23(18-34-28)42-26-15-22(14-25(32)35-26)19-37-11-8-21(9-12-37)16-27(39)41-7/h14-15,17-18,21,24H,8-13,16,19-20H2,1-7H3. The molecule has 2 aliphatic heterocycles. The highest BCUT2D eigenvalue weighted by Gasteiger charge is 2.41. The highest BCUT2D eigenvalue weighted by atomic mass is 35.5. The minimum Gasteiger partial charge on any atom is -0.469 e. The van der Waals surface area contributed by atoms with Gasteiger partial charge in [-0.1, -0.05) is 25.4 Å². The van der Waals surface area contributed by atoms with Gasteiger partial charge in [-0.15, -0.1) is 0 Å². The maximum absolute atomic E-state index is 12.7. The van der Waals surface area contributed by atoms with Crippen LogP contribution in [-0.4, -0.2) is 88.8 Å². The molecule has 0 saturated carbocycles. The van der Waals surface area contributed by atoms with Crippen molar-refractivity contribution < 1.29 is 23.8 Å². The Labute approximate surface area is 259 Å². The van der Waals surface area contributed by atoms with Crippen molar-refractivity contribution in [2.45, 2.75) is 78.5 Å². The van der Waals surface area contributed by atoms with Crippen LogP contribution in [-0.2, 0) is 20.8 Å². The monoisotopic (exact) mass is 616 g/mol. The molecule has 2 aromatic heterocycles. The Kier molecular flexibility index (Phi) is 10.4. The second-order valence-corrected chi connectivity index (χ2v) is 13.7. The summed E-state index contributed by atoms with van der Waals surface area (Å²) < 4.78 is 16.4. The third-order valence-electron chi connectivity index (χ3n) is 8.07. The number of hydrogen-bond acceptors (Lipinski definition) is 10. The van der Waals surface area contributed by atoms with Gasteiger partial charge in [0.15, 0.2) is 5.75 Å². The Morgan fingerprint density at radius 1 is 1.09 bits per heavy atom. The first-order valence-electron chi connectivity index (χ1n) is 14.9. The van der Waals surface area contributed by atoms with Crippen LogP contribution < -0.4 is 9.64 Å². The predicted molar refractivity (Wildman–Crippen MR) is 164 cm³/mol. The molecule has 2 fully saturated rings. The lowest BCUT2D eigenvalue weighted by Gasteiger charge is -2.47. The number of likely N-dealkylation sites (tertiary alicyclic amines) is 1. The molecule has 4 rings (SSSR count). The summed E-state index contributed by atoms with van der Waals surface area (Å²) in [6.07, 6.45) is 6.13. The van der Waals surface area contributed by atoms with E-state index in [1.807, 2.05) is 40.0 Å². The number of amides is 1. The fourth-order valence-electron chi connectivity index (χ4n) is 5.93. The number of rotatable bonds is 8. The van der Waals surface area contributed by atoms with Gasteiger partial charge < -0.3 is 24.0 Å². The van der Waals surface area contributed by atoms with Crippen LogP contribution in [0.5, 0.6) is 11.6 Å². The molecule has 2 aromatic rings. The SMILES string of the molecule is COC(=O)CC1CCN(Cc2cc(Cl)nc(Oc3cnc(N4CCC(N(C)C(=O)OC(C)(C)C)C(C)(C)C4)nc3)c2)CC1. The molecule has 0 N–H and O–H groups in total. The second-order valence-electron chi connectivity index (χ2n) is 13.3. The summed E-state index contributed by atoms with van der Waals surface area (Å²) in [5.74, 6) is 1.67. The summed E-state index contributed by atoms with van der Waals surface area (Å²) in [5.41, 5.74) is 0.252. The number of esters is 1. The lowest BCUT2D eigenvalue weighted by atomic mass is 9.78. The molecule has 1 amide bonds. The number of carbonyl (C=O) groups excluding carboxylic acids is 2. The zero-order chi connectivity index (χ0) is 31.4. The van der Waals surface area contributed by atoms with Crippen molar-refractivity contribution in [1.29, 1.82) is 0 Å². The van der Waals surface area contributed by atoms with E-state index in [9.17, 15) is 9.59 Å². The lowest BCUT2D eigenvalue weighted by Crippen LogP contribution is -2.57. The van der Waals surface area contributed by atoms with Crippen molar-refractivity contribution in [2.24, 2.45) is 11.3 Å². The van der Waals surface area contributed by atoms with Crippen LogP contribution in [0.3, 0.4) is 0 Å². The van der Waals surface area contributed by atoms with Gasteiger partial charge in [-0.2, -0.15) is 0 Å². The zero-order valence-electron chi connectivity index (χ0n) is 26.4. The highest BCUT2D eigenvalue weighted by Crippen LogP contribution is 2.35. The Morgan fingerprint density at radius 2 is 1.77 bits per heavy atom. The van der Waals surface area contributed by atoms with Crippen molar-refractivity contribution in [2.75, 3.05) is 45.2 Å². The third kappa shape index (κ3) is 9.15. The molecule has 2 saturated heterocycles. The molecule has 0 aromatic carbocycles. The maximum Gasteiger partial charge on any atom is 0.410 e. The number of hydrogen-bond donors (Lipinski definition) is 0. The van der Waals surface area contributed by atoms with Crippen molar-refractivity contribution in [3.63, 3.8) is 0 Å². The quantitative estimate of drug-likeness (QED) is 0.276. The molecular weight excluding hydrogens is 572 g/mol. The minimum absolute atomic E-state index is 0.0236. The molecule has 43 heavy (non-hydrogen) atoms. The average Bonchev–Trinajstić information content (AvgIpc) is 2.92. The lowest BCUT2D eigenvalue weighted by molar-refractivity contribution is -0.142. The van der Waals surface area contributed by atoms with E-state index < -0.39 is 5.60 Å². The molecule has 0 radical (unpaired) electrons. The molecule has 1 atom stereocenters. The van der Waals surface area contributed by atoms with Crippen LogP contribution >= 0.6 is 11.6 Å². The van der Waals surface area contributed by atoms with Gasteiger partial charge in [-0.05, 0) is 70.7 Å². The summed E-state index contributed by atoms with van der Waals surface area (Å²) in [5, 5.41) is 0.354. The number of carbonyl (C=O) groups is 2. The summed E-state index contributed by atoms with van der Waals surface area (Å²) in [7, 11) is 3.24. The Bertz CT molecular complexity index is 1260. The highest BCUT2D eigenvalue weighted by molar-refractivity contribution is 6.29. The van der Waals surface area contributed by atoms with Gasteiger partial charge in [0.25, 0.3) is 0 Å². The van der Waals surface area contributed by atoms with E-state index in [1.54, 1.807) is 17.3 Å². The van der Waals surface area contributed by atoms with E-state index >= 15 is 0 Å². The summed E-state index contributed by atoms with van der Waals surface area (Å²) >= 11 is 6.34. The van der Waals surface area contributed by atoms with E-state index in [-0.39, 0.29) is 23.5 Å². The molecule has 0 spiro atoms. The zero-order valence-corrected chi connectivity index (χ0v) is 27.2. The normalized spacial score (nSPS) is 19.5. The van der Waals surface area contributed by atoms with Crippen molar-refractivity contribution >= 4 is 29.6 Å². The number of piperidine rings is 2. The number of methoxy groups -OCH3 is 1.